The van der Waals surface area contributed by atoms with Crippen LogP contribution in [0.2, 0.25) is 0 Å². The second-order valence-electron chi connectivity index (χ2n) is 14.8. The van der Waals surface area contributed by atoms with Gasteiger partial charge < -0.3 is 15.8 Å². The van der Waals surface area contributed by atoms with Crippen molar-refractivity contribution in [2.24, 2.45) is 52.1 Å². The minimum absolute atomic E-state index is 0.00728. The lowest BCUT2D eigenvalue weighted by Crippen LogP contribution is -2.51. The van der Waals surface area contributed by atoms with Crippen molar-refractivity contribution in [3.05, 3.63) is 11.6 Å². The molecule has 0 aromatic heterocycles. The monoisotopic (exact) mass is 542 g/mol. The molecule has 0 aromatic rings. The Morgan fingerprint density at radius 1 is 1.00 bits per heavy atom. The van der Waals surface area contributed by atoms with Crippen LogP contribution in [-0.2, 0) is 9.53 Å². The summed E-state index contributed by atoms with van der Waals surface area (Å²) >= 11 is 0. The van der Waals surface area contributed by atoms with E-state index in [4.69, 9.17) is 10.5 Å². The predicted molar refractivity (Wildman–Crippen MR) is 159 cm³/mol. The number of fused-ring (bicyclic) bond motifs is 5. The number of ether oxygens (including phenoxy) is 1. The molecule has 5 nitrogen and oxygen atoms in total. The van der Waals surface area contributed by atoms with E-state index >= 15 is 0 Å². The van der Waals surface area contributed by atoms with Crippen LogP contribution in [0.1, 0.15) is 131 Å². The zero-order valence-corrected chi connectivity index (χ0v) is 25.7. The summed E-state index contributed by atoms with van der Waals surface area (Å²) in [6, 6.07) is 0. The minimum Gasteiger partial charge on any atom is -0.446 e. The normalized spacial score (nSPS) is 36.4. The molecule has 0 radical (unpaired) electrons. The fourth-order valence-corrected chi connectivity index (χ4v) is 9.74. The van der Waals surface area contributed by atoms with Gasteiger partial charge in [-0.25, -0.2) is 4.79 Å². The van der Waals surface area contributed by atoms with E-state index in [1.54, 1.807) is 5.57 Å². The molecule has 2 amide bonds. The number of hydrogen-bond acceptors (Lipinski definition) is 3. The molecule has 4 rings (SSSR count). The molecule has 4 aliphatic rings. The van der Waals surface area contributed by atoms with Crippen LogP contribution in [0.15, 0.2) is 11.6 Å². The maximum atomic E-state index is 12.4. The van der Waals surface area contributed by atoms with E-state index in [0.717, 1.165) is 74.0 Å². The molecule has 0 bridgehead atoms. The predicted octanol–water partition coefficient (Wildman–Crippen LogP) is 8.17. The van der Waals surface area contributed by atoms with Gasteiger partial charge in [-0.05, 0) is 104 Å². The highest BCUT2D eigenvalue weighted by Gasteiger charge is 2.59. The number of hydrogen-bond donors (Lipinski definition) is 2. The fraction of sp³-hybridized carbons (Fsp3) is 0.882. The molecule has 0 spiro atoms. The molecular formula is C34H58N2O3. The zero-order chi connectivity index (χ0) is 28.2. The van der Waals surface area contributed by atoms with E-state index in [0.29, 0.717) is 18.4 Å². The summed E-state index contributed by atoms with van der Waals surface area (Å²) in [4.78, 5) is 23.3. The van der Waals surface area contributed by atoms with Gasteiger partial charge in [0, 0.05) is 19.4 Å². The van der Waals surface area contributed by atoms with E-state index in [-0.39, 0.29) is 23.5 Å². The number of amides is 2. The molecule has 0 saturated heterocycles. The lowest BCUT2D eigenvalue weighted by molar-refractivity contribution is -0.118. The van der Waals surface area contributed by atoms with Gasteiger partial charge in [-0.15, -0.1) is 0 Å². The molecule has 5 heteroatoms. The Bertz CT molecular complexity index is 884. The Hall–Kier alpha value is -1.52. The van der Waals surface area contributed by atoms with Crippen molar-refractivity contribution >= 4 is 12.0 Å². The minimum atomic E-state index is -0.291. The first kappa shape index (κ1) is 30.4. The summed E-state index contributed by atoms with van der Waals surface area (Å²) in [6.45, 7) is 13.1. The van der Waals surface area contributed by atoms with Gasteiger partial charge in [0.25, 0.3) is 0 Å². The molecule has 39 heavy (non-hydrogen) atoms. The van der Waals surface area contributed by atoms with Crippen LogP contribution in [0.4, 0.5) is 4.79 Å². The van der Waals surface area contributed by atoms with Gasteiger partial charge >= 0.3 is 6.09 Å². The Morgan fingerprint density at radius 2 is 1.79 bits per heavy atom. The van der Waals surface area contributed by atoms with Gasteiger partial charge in [-0.1, -0.05) is 72.0 Å². The number of primary amides is 1. The summed E-state index contributed by atoms with van der Waals surface area (Å²) in [7, 11) is 0. The van der Waals surface area contributed by atoms with Crippen molar-refractivity contribution < 1.29 is 14.3 Å². The topological polar surface area (TPSA) is 81.4 Å². The van der Waals surface area contributed by atoms with Gasteiger partial charge in [0.15, 0.2) is 0 Å². The van der Waals surface area contributed by atoms with Crippen LogP contribution in [0, 0.1) is 46.3 Å². The highest BCUT2D eigenvalue weighted by atomic mass is 16.6. The number of allylic oxidation sites excluding steroid dienone is 1. The lowest BCUT2D eigenvalue weighted by atomic mass is 9.47. The van der Waals surface area contributed by atoms with Gasteiger partial charge in [0.1, 0.15) is 6.10 Å². The first-order chi connectivity index (χ1) is 18.5. The van der Waals surface area contributed by atoms with Gasteiger partial charge in [-0.3, -0.25) is 4.79 Å². The highest BCUT2D eigenvalue weighted by Crippen LogP contribution is 2.67. The van der Waals surface area contributed by atoms with Crippen LogP contribution >= 0.6 is 0 Å². The molecule has 3 saturated carbocycles. The van der Waals surface area contributed by atoms with Gasteiger partial charge in [0.2, 0.25) is 5.91 Å². The van der Waals surface area contributed by atoms with E-state index in [1.165, 1.54) is 51.4 Å². The first-order valence-corrected chi connectivity index (χ1v) is 16.5. The Labute approximate surface area is 238 Å². The second kappa shape index (κ2) is 13.0. The number of carbonyl (C=O) groups is 2. The van der Waals surface area contributed by atoms with Crippen molar-refractivity contribution in [1.29, 1.82) is 0 Å². The average molecular weight is 543 g/mol. The third-order valence-corrected chi connectivity index (χ3v) is 11.9. The van der Waals surface area contributed by atoms with Crippen LogP contribution in [0.5, 0.6) is 0 Å². The largest absolute Gasteiger partial charge is 0.446 e. The molecule has 4 aliphatic carbocycles. The molecule has 8 atom stereocenters. The molecule has 222 valence electrons. The Balaban J connectivity index is 1.30. The quantitative estimate of drug-likeness (QED) is 0.193. The number of nitrogens with two attached hydrogens (primary N) is 1. The highest BCUT2D eigenvalue weighted by molar-refractivity contribution is 5.73. The first-order valence-electron chi connectivity index (χ1n) is 16.5. The number of unbranched alkanes of at least 4 members (excludes halogenated alkanes) is 2. The molecule has 3 N–H and O–H groups in total. The molecule has 3 unspecified atom stereocenters. The van der Waals surface area contributed by atoms with Crippen molar-refractivity contribution in [3.63, 3.8) is 0 Å². The summed E-state index contributed by atoms with van der Waals surface area (Å²) in [5.41, 5.74) is 7.56. The third-order valence-electron chi connectivity index (χ3n) is 11.9. The second-order valence-corrected chi connectivity index (χ2v) is 14.8. The number of carbonyl (C=O) groups excluding carboxylic acids is 2. The summed E-state index contributed by atoms with van der Waals surface area (Å²) in [5, 5.41) is 2.91. The lowest BCUT2D eigenvalue weighted by Gasteiger charge is -2.58. The smallest absolute Gasteiger partial charge is 0.407 e. The Morgan fingerprint density at radius 3 is 2.54 bits per heavy atom. The van der Waals surface area contributed by atoms with Crippen molar-refractivity contribution in [3.8, 4) is 0 Å². The van der Waals surface area contributed by atoms with E-state index in [9.17, 15) is 9.59 Å². The summed E-state index contributed by atoms with van der Waals surface area (Å²) in [6.07, 6.45) is 19.3. The average Bonchev–Trinajstić information content (AvgIpc) is 3.23. The maximum Gasteiger partial charge on any atom is 0.407 e. The van der Waals surface area contributed by atoms with Crippen LogP contribution in [0.25, 0.3) is 0 Å². The molecular weight excluding hydrogens is 484 g/mol. The van der Waals surface area contributed by atoms with E-state index < -0.39 is 0 Å². The number of alkyl carbamates (subject to hydrolysis) is 1. The number of nitrogens with one attached hydrogen (secondary N) is 1. The molecule has 0 heterocycles. The summed E-state index contributed by atoms with van der Waals surface area (Å²) < 4.78 is 5.87. The van der Waals surface area contributed by atoms with E-state index in [2.05, 4.69) is 46.0 Å². The van der Waals surface area contributed by atoms with Crippen molar-refractivity contribution in [2.75, 3.05) is 6.54 Å². The summed E-state index contributed by atoms with van der Waals surface area (Å²) in [5.74, 6) is 4.83. The standard InChI is InChI=1S/C34H58N2O3/c1-23(2)10-9-11-24(3)28-15-16-29-27-14-13-25-22-26(39-32(38)36-21-8-6-7-12-31(35)37)17-19-33(25,4)30(27)18-20-34(28,29)5/h13,23-24,26-30H,6-12,14-22H2,1-5H3,(H2,35,37)(H,36,38)/t24-,26+,27?,28-,29?,30?,33+,34-/m0/s1. The molecule has 0 aliphatic heterocycles. The van der Waals surface area contributed by atoms with Crippen LogP contribution in [0.3, 0.4) is 0 Å². The third kappa shape index (κ3) is 6.87. The SMILES string of the molecule is CC(C)CCC[C@H](C)[C@@H]1CCC2C3CC=C4C[C@H](OC(=O)NCCCCCC(N)=O)CC[C@@]4(C)C3CC[C@]21C. The maximum absolute atomic E-state index is 12.4. The van der Waals surface area contributed by atoms with Crippen LogP contribution < -0.4 is 11.1 Å². The zero-order valence-electron chi connectivity index (χ0n) is 25.7. The van der Waals surface area contributed by atoms with Crippen LogP contribution in [-0.4, -0.2) is 24.6 Å². The van der Waals surface area contributed by atoms with Gasteiger partial charge in [0.05, 0.1) is 0 Å². The van der Waals surface area contributed by atoms with Crippen molar-refractivity contribution in [1.82, 2.24) is 5.32 Å². The molecule has 0 aromatic carbocycles. The van der Waals surface area contributed by atoms with Gasteiger partial charge in [-0.2, -0.15) is 0 Å². The number of rotatable bonds is 12. The Kier molecular flexibility index (Phi) is 10.1. The van der Waals surface area contributed by atoms with Crippen molar-refractivity contribution in [2.45, 2.75) is 137 Å². The molecule has 3 fully saturated rings. The van der Waals surface area contributed by atoms with E-state index in [1.807, 2.05) is 0 Å². The fourth-order valence-electron chi connectivity index (χ4n) is 9.74.